The molecule has 1 saturated carbocycles. The number of benzene rings is 3. The molecular weight excluding hydrogens is 279 g/mol. The van der Waals surface area contributed by atoms with Gasteiger partial charge in [0.05, 0.1) is 0 Å². The van der Waals surface area contributed by atoms with Gasteiger partial charge in [0, 0.05) is 0 Å². The zero-order chi connectivity index (χ0) is 14.9. The van der Waals surface area contributed by atoms with Crippen molar-refractivity contribution in [3.05, 3.63) is 54.1 Å². The molecule has 0 aromatic heterocycles. The van der Waals surface area contributed by atoms with Crippen molar-refractivity contribution in [3.63, 3.8) is 0 Å². The van der Waals surface area contributed by atoms with Crippen LogP contribution in [0.15, 0.2) is 48.5 Å². The van der Waals surface area contributed by atoms with E-state index in [-0.39, 0.29) is 14.8 Å². The van der Waals surface area contributed by atoms with Crippen LogP contribution in [0.1, 0.15) is 43.6 Å². The van der Waals surface area contributed by atoms with Crippen molar-refractivity contribution < 1.29 is 0 Å². The van der Waals surface area contributed by atoms with E-state index in [9.17, 15) is 0 Å². The van der Waals surface area contributed by atoms with Gasteiger partial charge in [0.25, 0.3) is 0 Å². The molecule has 0 nitrogen and oxygen atoms in total. The molecule has 1 fully saturated rings. The van der Waals surface area contributed by atoms with Gasteiger partial charge in [-0.3, -0.25) is 0 Å². The molecule has 1 heteroatoms. The molecule has 3 aromatic rings. The van der Waals surface area contributed by atoms with E-state index in [1.165, 1.54) is 58.1 Å². The Morgan fingerprint density at radius 1 is 0.727 bits per heavy atom. The minimum absolute atomic E-state index is 0.0732. The molecule has 1 aliphatic rings. The predicted molar refractivity (Wildman–Crippen MR) is 99.8 cm³/mol. The summed E-state index contributed by atoms with van der Waals surface area (Å²) in [6, 6.07) is 18.1. The number of fused-ring (bicyclic) bond motifs is 2. The zero-order valence-electron chi connectivity index (χ0n) is 13.0. The summed E-state index contributed by atoms with van der Waals surface area (Å²) in [6.45, 7) is 0. The van der Waals surface area contributed by atoms with Gasteiger partial charge < -0.3 is 0 Å². The Morgan fingerprint density at radius 2 is 1.23 bits per heavy atom. The molecule has 1 aliphatic carbocycles. The predicted octanol–water partition coefficient (Wildman–Crippen LogP) is 4.80. The molecule has 108 valence electrons. The molecule has 0 spiro atoms. The van der Waals surface area contributed by atoms with E-state index in [0.29, 0.717) is 0 Å². The van der Waals surface area contributed by atoms with Gasteiger partial charge in [0.15, 0.2) is 0 Å². The van der Waals surface area contributed by atoms with E-state index in [2.05, 4.69) is 53.9 Å². The first-order valence-electron chi connectivity index (χ1n) is 8.46. The Balaban J connectivity index is 2.13. The van der Waals surface area contributed by atoms with Crippen LogP contribution in [0.3, 0.4) is 0 Å². The molecule has 3 aromatic carbocycles. The number of hydrogen-bond donors (Lipinski definition) is 0. The summed E-state index contributed by atoms with van der Waals surface area (Å²) in [5, 5.41) is 10.2. The van der Waals surface area contributed by atoms with Gasteiger partial charge in [0.2, 0.25) is 0 Å². The standard InChI is InChI=1S/C20H19.CH2.Al/c1-2-8-15(9-3-1)20-18-12-6-4-10-16(18)14-17-11-5-7-13-19(17)20;;/h4-7,10-13,15H,1-3,8-9H2;1H2;. The first-order valence-corrected chi connectivity index (χ1v) is 9.85. The maximum absolute atomic E-state index is 4.28. The van der Waals surface area contributed by atoms with Gasteiger partial charge in [-0.1, -0.05) is 0 Å². The van der Waals surface area contributed by atoms with Gasteiger partial charge in [0.1, 0.15) is 0 Å². The minimum atomic E-state index is 0.0732. The SMILES string of the molecule is [CH2]=[Al][c]1c2ccccc2c(C2CCCCC2)c2ccccc12. The van der Waals surface area contributed by atoms with Crippen LogP contribution in [-0.4, -0.2) is 20.2 Å². The molecule has 0 N–H and O–H groups in total. The molecule has 0 saturated heterocycles. The van der Waals surface area contributed by atoms with Gasteiger partial charge >= 0.3 is 138 Å². The summed E-state index contributed by atoms with van der Waals surface area (Å²) in [4.78, 5) is 0. The van der Waals surface area contributed by atoms with Crippen LogP contribution >= 0.6 is 0 Å². The van der Waals surface area contributed by atoms with Crippen molar-refractivity contribution in [2.75, 3.05) is 0 Å². The number of hydrogen-bond acceptors (Lipinski definition) is 0. The van der Waals surface area contributed by atoms with E-state index in [1.807, 2.05) is 0 Å². The summed E-state index contributed by atoms with van der Waals surface area (Å²) in [5.41, 5.74) is 1.61. The first-order chi connectivity index (χ1) is 10.9. The Labute approximate surface area is 138 Å². The number of rotatable bonds is 2. The fourth-order valence-electron chi connectivity index (χ4n) is 4.25. The van der Waals surface area contributed by atoms with Crippen LogP contribution in [0, 0.1) is 0 Å². The molecule has 0 radical (unpaired) electrons. The third-order valence-electron chi connectivity index (χ3n) is 5.23. The Morgan fingerprint density at radius 3 is 1.73 bits per heavy atom. The Bertz CT molecular complexity index is 784. The molecule has 22 heavy (non-hydrogen) atoms. The average Bonchev–Trinajstić information content (AvgIpc) is 2.60. The molecular formula is C21H21Al. The molecule has 4 rings (SSSR count). The monoisotopic (exact) mass is 300 g/mol. The molecule has 0 aliphatic heterocycles. The van der Waals surface area contributed by atoms with E-state index in [4.69, 9.17) is 0 Å². The van der Waals surface area contributed by atoms with E-state index < -0.39 is 0 Å². The van der Waals surface area contributed by atoms with Crippen molar-refractivity contribution in [2.24, 2.45) is 0 Å². The molecule has 0 heterocycles. The Hall–Kier alpha value is -1.42. The summed E-state index contributed by atoms with van der Waals surface area (Å²) < 4.78 is 1.49. The topological polar surface area (TPSA) is 0 Å². The Kier molecular flexibility index (Phi) is 3.87. The molecule has 0 bridgehead atoms. The van der Waals surface area contributed by atoms with Crippen LogP contribution in [0.5, 0.6) is 0 Å². The van der Waals surface area contributed by atoms with E-state index >= 15 is 0 Å². The molecule has 0 amide bonds. The summed E-state index contributed by atoms with van der Waals surface area (Å²) >= 11 is 0.0732. The third-order valence-corrected chi connectivity index (χ3v) is 6.26. The normalized spacial score (nSPS) is 16.0. The zero-order valence-corrected chi connectivity index (χ0v) is 14.2. The fourth-order valence-corrected chi connectivity index (χ4v) is 5.19. The molecule has 0 unspecified atom stereocenters. The summed E-state index contributed by atoms with van der Waals surface area (Å²) in [7, 11) is 0. The quantitative estimate of drug-likeness (QED) is 0.471. The van der Waals surface area contributed by atoms with Crippen molar-refractivity contribution in [1.82, 2.24) is 0 Å². The van der Waals surface area contributed by atoms with Crippen LogP contribution in [0.25, 0.3) is 21.5 Å². The van der Waals surface area contributed by atoms with Gasteiger partial charge in [-0.05, 0) is 0 Å². The first kappa shape index (κ1) is 14.2. The average molecular weight is 300 g/mol. The third kappa shape index (κ3) is 2.25. The van der Waals surface area contributed by atoms with Gasteiger partial charge in [-0.2, -0.15) is 0 Å². The maximum atomic E-state index is 4.28. The van der Waals surface area contributed by atoms with Gasteiger partial charge in [-0.25, -0.2) is 0 Å². The fraction of sp³-hybridized carbons (Fsp3) is 0.286. The molecule has 0 atom stereocenters. The van der Waals surface area contributed by atoms with Crippen LogP contribution in [0.4, 0.5) is 0 Å². The van der Waals surface area contributed by atoms with Crippen molar-refractivity contribution >= 4 is 46.1 Å². The second-order valence-corrected chi connectivity index (χ2v) is 7.44. The van der Waals surface area contributed by atoms with Crippen molar-refractivity contribution in [2.45, 2.75) is 38.0 Å². The van der Waals surface area contributed by atoms with E-state index in [0.717, 1.165) is 5.92 Å². The van der Waals surface area contributed by atoms with Crippen molar-refractivity contribution in [1.29, 1.82) is 0 Å². The van der Waals surface area contributed by atoms with Gasteiger partial charge in [-0.15, -0.1) is 0 Å². The second kappa shape index (κ2) is 6.00. The second-order valence-electron chi connectivity index (χ2n) is 6.46. The van der Waals surface area contributed by atoms with Crippen molar-refractivity contribution in [3.8, 4) is 0 Å². The van der Waals surface area contributed by atoms with Crippen LogP contribution < -0.4 is 4.43 Å². The summed E-state index contributed by atoms with van der Waals surface area (Å²) in [5.74, 6) is 0.734. The van der Waals surface area contributed by atoms with E-state index in [1.54, 1.807) is 5.56 Å². The van der Waals surface area contributed by atoms with Crippen LogP contribution in [-0.2, 0) is 0 Å². The van der Waals surface area contributed by atoms with Crippen LogP contribution in [0.2, 0.25) is 0 Å². The summed E-state index contributed by atoms with van der Waals surface area (Å²) in [6.07, 6.45) is 6.88.